The molecule has 4 rings (SSSR count). The van der Waals surface area contributed by atoms with Crippen LogP contribution >= 0.6 is 0 Å². The van der Waals surface area contributed by atoms with Crippen molar-refractivity contribution < 1.29 is 27.4 Å². The number of carbonyl (C=O) groups excluding carboxylic acids is 1. The van der Waals surface area contributed by atoms with Gasteiger partial charge in [0.25, 0.3) is 5.91 Å². The minimum absolute atomic E-state index is 0.129. The second-order valence-electron chi connectivity index (χ2n) is 7.47. The van der Waals surface area contributed by atoms with Crippen LogP contribution in [0.4, 0.5) is 5.69 Å². The molecule has 2 aromatic carbocycles. The number of rotatable bonds is 7. The molecule has 1 amide bonds. The average Bonchev–Trinajstić information content (AvgIpc) is 3.32. The lowest BCUT2D eigenvalue weighted by atomic mass is 10.2. The summed E-state index contributed by atoms with van der Waals surface area (Å²) in [6.07, 6.45) is 2.19. The number of benzene rings is 2. The van der Waals surface area contributed by atoms with Crippen molar-refractivity contribution in [3.63, 3.8) is 0 Å². The van der Waals surface area contributed by atoms with Gasteiger partial charge in [-0.25, -0.2) is 8.42 Å². The highest BCUT2D eigenvalue weighted by Gasteiger charge is 2.26. The lowest BCUT2D eigenvalue weighted by molar-refractivity contribution is 0.0679. The topological polar surface area (TPSA) is 94.2 Å². The van der Waals surface area contributed by atoms with Gasteiger partial charge in [-0.15, -0.1) is 0 Å². The third-order valence-corrected chi connectivity index (χ3v) is 7.17. The van der Waals surface area contributed by atoms with Crippen molar-refractivity contribution in [2.75, 3.05) is 44.8 Å². The SMILES string of the molecule is O=C(Nc1cccc(S(=O)(=O)N2CCOCC2)c1)c1ccc(OCC2CCCO2)cc1. The molecule has 31 heavy (non-hydrogen) atoms. The highest BCUT2D eigenvalue weighted by Crippen LogP contribution is 2.22. The van der Waals surface area contributed by atoms with E-state index in [1.807, 2.05) is 0 Å². The van der Waals surface area contributed by atoms with E-state index in [0.29, 0.717) is 49.9 Å². The van der Waals surface area contributed by atoms with Crippen LogP contribution in [0.25, 0.3) is 0 Å². The summed E-state index contributed by atoms with van der Waals surface area (Å²) in [5, 5.41) is 2.76. The van der Waals surface area contributed by atoms with E-state index < -0.39 is 10.0 Å². The number of carbonyl (C=O) groups is 1. The quantitative estimate of drug-likeness (QED) is 0.702. The number of anilines is 1. The summed E-state index contributed by atoms with van der Waals surface area (Å²) in [5.74, 6) is 0.345. The van der Waals surface area contributed by atoms with Gasteiger partial charge < -0.3 is 19.5 Å². The molecule has 2 fully saturated rings. The van der Waals surface area contributed by atoms with E-state index in [1.54, 1.807) is 36.4 Å². The third-order valence-electron chi connectivity index (χ3n) is 5.28. The van der Waals surface area contributed by atoms with Gasteiger partial charge in [-0.2, -0.15) is 4.31 Å². The highest BCUT2D eigenvalue weighted by atomic mass is 32.2. The maximum atomic E-state index is 12.8. The van der Waals surface area contributed by atoms with Crippen LogP contribution in [0.1, 0.15) is 23.2 Å². The van der Waals surface area contributed by atoms with Crippen molar-refractivity contribution in [3.8, 4) is 5.75 Å². The van der Waals surface area contributed by atoms with Crippen LogP contribution in [0.2, 0.25) is 0 Å². The van der Waals surface area contributed by atoms with Gasteiger partial charge in [0.15, 0.2) is 0 Å². The van der Waals surface area contributed by atoms with E-state index in [4.69, 9.17) is 14.2 Å². The van der Waals surface area contributed by atoms with Crippen LogP contribution < -0.4 is 10.1 Å². The van der Waals surface area contributed by atoms with Crippen LogP contribution in [-0.4, -0.2) is 64.3 Å². The van der Waals surface area contributed by atoms with Gasteiger partial charge in [0, 0.05) is 30.9 Å². The molecule has 2 aliphatic rings. The van der Waals surface area contributed by atoms with E-state index in [1.165, 1.54) is 16.4 Å². The zero-order valence-corrected chi connectivity index (χ0v) is 18.0. The molecule has 0 spiro atoms. The van der Waals surface area contributed by atoms with E-state index in [2.05, 4.69) is 5.32 Å². The first-order valence-electron chi connectivity index (χ1n) is 10.4. The fraction of sp³-hybridized carbons (Fsp3) is 0.409. The number of amides is 1. The van der Waals surface area contributed by atoms with Crippen LogP contribution in [-0.2, 0) is 19.5 Å². The van der Waals surface area contributed by atoms with Crippen molar-refractivity contribution >= 4 is 21.6 Å². The first-order chi connectivity index (χ1) is 15.0. The molecule has 0 aromatic heterocycles. The standard InChI is InChI=1S/C22H26N2O6S/c25-22(17-6-8-19(9-7-17)30-16-20-4-2-12-29-20)23-18-3-1-5-21(15-18)31(26,27)24-10-13-28-14-11-24/h1,3,5-9,15,20H,2,4,10-14,16H2,(H,23,25). The predicted octanol–water partition coefficient (Wildman–Crippen LogP) is 2.52. The van der Waals surface area contributed by atoms with E-state index >= 15 is 0 Å². The summed E-state index contributed by atoms with van der Waals surface area (Å²) in [7, 11) is -3.63. The average molecular weight is 447 g/mol. The van der Waals surface area contributed by atoms with Crippen LogP contribution in [0.5, 0.6) is 5.75 Å². The first-order valence-corrected chi connectivity index (χ1v) is 11.8. The molecule has 8 nitrogen and oxygen atoms in total. The largest absolute Gasteiger partial charge is 0.491 e. The Labute approximate surface area is 182 Å². The fourth-order valence-electron chi connectivity index (χ4n) is 3.54. The lowest BCUT2D eigenvalue weighted by Gasteiger charge is -2.26. The summed E-state index contributed by atoms with van der Waals surface area (Å²) in [6, 6.07) is 13.1. The maximum absolute atomic E-state index is 12.8. The Balaban J connectivity index is 1.38. The van der Waals surface area contributed by atoms with Gasteiger partial charge in [0.1, 0.15) is 12.4 Å². The molecule has 166 valence electrons. The van der Waals surface area contributed by atoms with Crippen LogP contribution in [0.3, 0.4) is 0 Å². The maximum Gasteiger partial charge on any atom is 0.255 e. The Hall–Kier alpha value is -2.46. The first kappa shape index (κ1) is 21.8. The second-order valence-corrected chi connectivity index (χ2v) is 9.41. The molecule has 1 atom stereocenters. The van der Waals surface area contributed by atoms with Crippen LogP contribution in [0, 0.1) is 0 Å². The van der Waals surface area contributed by atoms with Crippen molar-refractivity contribution in [1.82, 2.24) is 4.31 Å². The smallest absolute Gasteiger partial charge is 0.255 e. The van der Waals surface area contributed by atoms with Crippen molar-refractivity contribution in [2.24, 2.45) is 0 Å². The monoisotopic (exact) mass is 446 g/mol. The number of hydrogen-bond donors (Lipinski definition) is 1. The molecule has 2 aromatic rings. The molecule has 1 N–H and O–H groups in total. The number of morpholine rings is 1. The zero-order valence-electron chi connectivity index (χ0n) is 17.2. The van der Waals surface area contributed by atoms with Gasteiger partial charge in [-0.1, -0.05) is 6.07 Å². The zero-order chi connectivity index (χ0) is 21.7. The molecule has 2 aliphatic heterocycles. The lowest BCUT2D eigenvalue weighted by Crippen LogP contribution is -2.40. The summed E-state index contributed by atoms with van der Waals surface area (Å²) in [5.41, 5.74) is 0.865. The molecule has 2 saturated heterocycles. The molecule has 2 heterocycles. The van der Waals surface area contributed by atoms with Gasteiger partial charge in [-0.3, -0.25) is 4.79 Å². The number of sulfonamides is 1. The molecular formula is C22H26N2O6S. The van der Waals surface area contributed by atoms with Gasteiger partial charge >= 0.3 is 0 Å². The van der Waals surface area contributed by atoms with Crippen molar-refractivity contribution in [3.05, 3.63) is 54.1 Å². The molecule has 9 heteroatoms. The van der Waals surface area contributed by atoms with Gasteiger partial charge in [0.2, 0.25) is 10.0 Å². The molecule has 1 unspecified atom stereocenters. The van der Waals surface area contributed by atoms with Crippen LogP contribution in [0.15, 0.2) is 53.4 Å². The van der Waals surface area contributed by atoms with Gasteiger partial charge in [-0.05, 0) is 55.3 Å². The number of ether oxygens (including phenoxy) is 3. The third kappa shape index (κ3) is 5.43. The molecule has 0 aliphatic carbocycles. The highest BCUT2D eigenvalue weighted by molar-refractivity contribution is 7.89. The molecule has 0 bridgehead atoms. The summed E-state index contributed by atoms with van der Waals surface area (Å²) < 4.78 is 43.5. The number of hydrogen-bond acceptors (Lipinski definition) is 6. The predicted molar refractivity (Wildman–Crippen MR) is 115 cm³/mol. The van der Waals surface area contributed by atoms with E-state index in [0.717, 1.165) is 19.4 Å². The van der Waals surface area contributed by atoms with Gasteiger partial charge in [0.05, 0.1) is 24.2 Å². The molecule has 0 saturated carbocycles. The van der Waals surface area contributed by atoms with Crippen molar-refractivity contribution in [2.45, 2.75) is 23.8 Å². The fourth-order valence-corrected chi connectivity index (χ4v) is 5.00. The second kappa shape index (κ2) is 9.78. The minimum Gasteiger partial charge on any atom is -0.491 e. The molecular weight excluding hydrogens is 420 g/mol. The Morgan fingerprint density at radius 2 is 1.87 bits per heavy atom. The summed E-state index contributed by atoms with van der Waals surface area (Å²) in [4.78, 5) is 12.8. The van der Waals surface area contributed by atoms with E-state index in [9.17, 15) is 13.2 Å². The normalized spacial score (nSPS) is 19.8. The summed E-state index contributed by atoms with van der Waals surface area (Å²) in [6.45, 7) is 2.67. The minimum atomic E-state index is -3.63. The Bertz CT molecular complexity index is 997. The Morgan fingerprint density at radius 3 is 2.58 bits per heavy atom. The molecule has 0 radical (unpaired) electrons. The number of nitrogens with one attached hydrogen (secondary N) is 1. The van der Waals surface area contributed by atoms with E-state index in [-0.39, 0.29) is 16.9 Å². The summed E-state index contributed by atoms with van der Waals surface area (Å²) >= 11 is 0. The van der Waals surface area contributed by atoms with Crippen molar-refractivity contribution in [1.29, 1.82) is 0 Å². The number of nitrogens with zero attached hydrogens (tertiary/aromatic N) is 1. The Morgan fingerprint density at radius 1 is 1.10 bits per heavy atom. The Kier molecular flexibility index (Phi) is 6.86.